The monoisotopic (exact) mass is 227 g/mol. The van der Waals surface area contributed by atoms with Crippen LogP contribution in [0.25, 0.3) is 10.8 Å². The SMILES string of the molecule is CNC1(c2ccc3cc(C)ccc3c2)COC1. The molecule has 2 aromatic carbocycles. The summed E-state index contributed by atoms with van der Waals surface area (Å²) in [6.45, 7) is 3.66. The first-order valence-electron chi connectivity index (χ1n) is 6.01. The van der Waals surface area contributed by atoms with Gasteiger partial charge in [-0.15, -0.1) is 0 Å². The largest absolute Gasteiger partial charge is 0.377 e. The quantitative estimate of drug-likeness (QED) is 0.851. The van der Waals surface area contributed by atoms with Crippen molar-refractivity contribution in [3.05, 3.63) is 47.5 Å². The van der Waals surface area contributed by atoms with Crippen LogP contribution in [0.5, 0.6) is 0 Å². The Morgan fingerprint density at radius 2 is 1.76 bits per heavy atom. The number of hydrogen-bond donors (Lipinski definition) is 1. The molecule has 0 bridgehead atoms. The van der Waals surface area contributed by atoms with E-state index in [4.69, 9.17) is 4.74 Å². The Morgan fingerprint density at radius 3 is 2.41 bits per heavy atom. The van der Waals surface area contributed by atoms with Crippen molar-refractivity contribution in [3.63, 3.8) is 0 Å². The number of hydrogen-bond acceptors (Lipinski definition) is 2. The summed E-state index contributed by atoms with van der Waals surface area (Å²) in [5.41, 5.74) is 2.65. The maximum Gasteiger partial charge on any atom is 0.0906 e. The lowest BCUT2D eigenvalue weighted by Crippen LogP contribution is -2.56. The second kappa shape index (κ2) is 3.83. The van der Waals surface area contributed by atoms with Crippen LogP contribution in [0.3, 0.4) is 0 Å². The lowest BCUT2D eigenvalue weighted by Gasteiger charge is -2.41. The number of nitrogens with one attached hydrogen (secondary N) is 1. The zero-order valence-corrected chi connectivity index (χ0v) is 10.3. The van der Waals surface area contributed by atoms with Crippen LogP contribution in [-0.4, -0.2) is 20.3 Å². The molecule has 2 nitrogen and oxygen atoms in total. The minimum Gasteiger partial charge on any atom is -0.377 e. The lowest BCUT2D eigenvalue weighted by molar-refractivity contribution is -0.0747. The van der Waals surface area contributed by atoms with Crippen molar-refractivity contribution in [1.82, 2.24) is 5.32 Å². The number of benzene rings is 2. The van der Waals surface area contributed by atoms with E-state index in [2.05, 4.69) is 48.6 Å². The number of aryl methyl sites for hydroxylation is 1. The maximum absolute atomic E-state index is 5.35. The number of likely N-dealkylation sites (N-methyl/N-ethyl adjacent to an activating group) is 1. The van der Waals surface area contributed by atoms with Crippen LogP contribution in [0.15, 0.2) is 36.4 Å². The van der Waals surface area contributed by atoms with Gasteiger partial charge in [-0.25, -0.2) is 0 Å². The van der Waals surface area contributed by atoms with E-state index in [1.807, 2.05) is 7.05 Å². The molecule has 1 saturated heterocycles. The van der Waals surface area contributed by atoms with E-state index in [-0.39, 0.29) is 5.54 Å². The fourth-order valence-electron chi connectivity index (χ4n) is 2.42. The van der Waals surface area contributed by atoms with Gasteiger partial charge in [-0.3, -0.25) is 0 Å². The third-order valence-electron chi connectivity index (χ3n) is 3.72. The summed E-state index contributed by atoms with van der Waals surface area (Å²) in [4.78, 5) is 0. The van der Waals surface area contributed by atoms with Gasteiger partial charge in [0.25, 0.3) is 0 Å². The molecular weight excluding hydrogens is 210 g/mol. The van der Waals surface area contributed by atoms with Crippen molar-refractivity contribution in [2.45, 2.75) is 12.5 Å². The average Bonchev–Trinajstić information content (AvgIpc) is 2.28. The van der Waals surface area contributed by atoms with Crippen molar-refractivity contribution in [1.29, 1.82) is 0 Å². The molecule has 0 amide bonds. The van der Waals surface area contributed by atoms with E-state index < -0.39 is 0 Å². The van der Waals surface area contributed by atoms with Gasteiger partial charge in [0.2, 0.25) is 0 Å². The average molecular weight is 227 g/mol. The molecule has 0 aromatic heterocycles. The predicted octanol–water partition coefficient (Wildman–Crippen LogP) is 2.59. The van der Waals surface area contributed by atoms with Crippen molar-refractivity contribution >= 4 is 10.8 Å². The van der Waals surface area contributed by atoms with Crippen LogP contribution in [0.1, 0.15) is 11.1 Å². The van der Waals surface area contributed by atoms with Crippen molar-refractivity contribution in [3.8, 4) is 0 Å². The molecule has 2 aromatic rings. The highest BCUT2D eigenvalue weighted by atomic mass is 16.5. The third-order valence-corrected chi connectivity index (χ3v) is 3.72. The molecule has 0 aliphatic carbocycles. The van der Waals surface area contributed by atoms with E-state index in [9.17, 15) is 0 Å². The molecule has 17 heavy (non-hydrogen) atoms. The van der Waals surface area contributed by atoms with Gasteiger partial charge in [0.15, 0.2) is 0 Å². The predicted molar refractivity (Wildman–Crippen MR) is 70.2 cm³/mol. The Morgan fingerprint density at radius 1 is 1.06 bits per heavy atom. The number of rotatable bonds is 2. The highest BCUT2D eigenvalue weighted by molar-refractivity contribution is 5.84. The summed E-state index contributed by atoms with van der Waals surface area (Å²) in [6, 6.07) is 13.3. The van der Waals surface area contributed by atoms with E-state index in [0.29, 0.717) is 0 Å². The second-order valence-electron chi connectivity index (χ2n) is 4.89. The van der Waals surface area contributed by atoms with Gasteiger partial charge in [-0.1, -0.05) is 35.9 Å². The molecule has 88 valence electrons. The fraction of sp³-hybridized carbons (Fsp3) is 0.333. The van der Waals surface area contributed by atoms with Gasteiger partial charge >= 0.3 is 0 Å². The van der Waals surface area contributed by atoms with E-state index in [0.717, 1.165) is 13.2 Å². The topological polar surface area (TPSA) is 21.3 Å². The first kappa shape index (κ1) is 10.8. The molecule has 0 unspecified atom stereocenters. The molecule has 0 spiro atoms. The van der Waals surface area contributed by atoms with Gasteiger partial charge in [0.1, 0.15) is 0 Å². The van der Waals surface area contributed by atoms with Crippen molar-refractivity contribution in [2.75, 3.05) is 20.3 Å². The van der Waals surface area contributed by atoms with Crippen LogP contribution in [0.4, 0.5) is 0 Å². The summed E-state index contributed by atoms with van der Waals surface area (Å²) >= 11 is 0. The Hall–Kier alpha value is -1.38. The molecule has 1 N–H and O–H groups in total. The van der Waals surface area contributed by atoms with Gasteiger partial charge in [-0.2, -0.15) is 0 Å². The molecule has 2 heteroatoms. The summed E-state index contributed by atoms with van der Waals surface area (Å²) in [6.07, 6.45) is 0. The molecule has 1 heterocycles. The van der Waals surface area contributed by atoms with Crippen LogP contribution >= 0.6 is 0 Å². The summed E-state index contributed by atoms with van der Waals surface area (Å²) < 4.78 is 5.35. The van der Waals surface area contributed by atoms with Gasteiger partial charge in [0, 0.05) is 0 Å². The summed E-state index contributed by atoms with van der Waals surface area (Å²) in [5, 5.41) is 5.99. The summed E-state index contributed by atoms with van der Waals surface area (Å²) in [7, 11) is 2.00. The highest BCUT2D eigenvalue weighted by Crippen LogP contribution is 2.31. The number of ether oxygens (including phenoxy) is 1. The zero-order chi connectivity index (χ0) is 11.9. The molecular formula is C15H17NO. The van der Waals surface area contributed by atoms with Crippen LogP contribution in [-0.2, 0) is 10.3 Å². The molecule has 1 fully saturated rings. The Bertz CT molecular complexity index is 552. The molecule has 0 radical (unpaired) electrons. The van der Waals surface area contributed by atoms with Gasteiger partial charge in [-0.05, 0) is 36.4 Å². The van der Waals surface area contributed by atoms with Crippen molar-refractivity contribution in [2.24, 2.45) is 0 Å². The van der Waals surface area contributed by atoms with Crippen molar-refractivity contribution < 1.29 is 4.74 Å². The lowest BCUT2D eigenvalue weighted by atomic mass is 9.87. The van der Waals surface area contributed by atoms with Crippen LogP contribution in [0, 0.1) is 6.92 Å². The Kier molecular flexibility index (Phi) is 2.42. The standard InChI is InChI=1S/C15H17NO/c1-11-3-4-13-8-14(6-5-12(13)7-11)15(16-2)9-17-10-15/h3-8,16H,9-10H2,1-2H3. The van der Waals surface area contributed by atoms with Crippen LogP contribution in [0.2, 0.25) is 0 Å². The normalized spacial score (nSPS) is 18.0. The smallest absolute Gasteiger partial charge is 0.0906 e. The zero-order valence-electron chi connectivity index (χ0n) is 10.3. The molecule has 0 atom stereocenters. The fourth-order valence-corrected chi connectivity index (χ4v) is 2.42. The first-order chi connectivity index (χ1) is 8.23. The Labute approximate surface area is 102 Å². The highest BCUT2D eigenvalue weighted by Gasteiger charge is 2.38. The third kappa shape index (κ3) is 1.65. The second-order valence-corrected chi connectivity index (χ2v) is 4.89. The first-order valence-corrected chi connectivity index (χ1v) is 6.01. The molecule has 1 aliphatic rings. The van der Waals surface area contributed by atoms with Gasteiger partial charge in [0.05, 0.1) is 18.8 Å². The molecule has 1 aliphatic heterocycles. The van der Waals surface area contributed by atoms with Gasteiger partial charge < -0.3 is 10.1 Å². The Balaban J connectivity index is 2.10. The number of fused-ring (bicyclic) bond motifs is 1. The minimum absolute atomic E-state index is 0.0269. The maximum atomic E-state index is 5.35. The van der Waals surface area contributed by atoms with Crippen LogP contribution < -0.4 is 5.32 Å². The van der Waals surface area contributed by atoms with E-state index in [1.54, 1.807) is 0 Å². The van der Waals surface area contributed by atoms with E-state index in [1.165, 1.54) is 21.9 Å². The minimum atomic E-state index is 0.0269. The summed E-state index contributed by atoms with van der Waals surface area (Å²) in [5.74, 6) is 0. The van der Waals surface area contributed by atoms with E-state index >= 15 is 0 Å². The molecule has 3 rings (SSSR count). The molecule has 0 saturated carbocycles.